The molecule has 0 saturated heterocycles. The summed E-state index contributed by atoms with van der Waals surface area (Å²) in [5.74, 6) is -1.14. The number of nitrogens with one attached hydrogen (secondary N) is 1. The minimum absolute atomic E-state index is 0.0840. The number of hydrogen-bond acceptors (Lipinski definition) is 2. The van der Waals surface area contributed by atoms with Crippen LogP contribution in [0.15, 0.2) is 48.0 Å². The minimum Gasteiger partial charge on any atom is -0.383 e. The average molecular weight is 247 g/mol. The van der Waals surface area contributed by atoms with E-state index in [0.717, 1.165) is 0 Å². The molecule has 1 aromatic rings. The van der Waals surface area contributed by atoms with Crippen LogP contribution in [-0.4, -0.2) is 18.8 Å². The lowest BCUT2D eigenvalue weighted by molar-refractivity contribution is 0.0960. The third-order valence-electron chi connectivity index (χ3n) is 2.26. The zero-order valence-corrected chi connectivity index (χ0v) is 10.0. The van der Waals surface area contributed by atoms with Crippen LogP contribution in [0, 0.1) is 5.82 Å². The molecule has 0 aromatic heterocycles. The van der Waals surface area contributed by atoms with Crippen LogP contribution >= 0.6 is 0 Å². The fourth-order valence-electron chi connectivity index (χ4n) is 1.26. The number of amidine groups is 1. The Morgan fingerprint density at radius 3 is 2.78 bits per heavy atom. The Morgan fingerprint density at radius 2 is 2.22 bits per heavy atom. The van der Waals surface area contributed by atoms with Crippen molar-refractivity contribution >= 4 is 17.4 Å². The van der Waals surface area contributed by atoms with Crippen molar-refractivity contribution in [2.45, 2.75) is 0 Å². The maximum absolute atomic E-state index is 13.6. The molecule has 0 radical (unpaired) electrons. The van der Waals surface area contributed by atoms with Gasteiger partial charge in [-0.05, 0) is 12.1 Å². The van der Waals surface area contributed by atoms with E-state index in [1.54, 1.807) is 0 Å². The third kappa shape index (κ3) is 2.82. The Morgan fingerprint density at radius 1 is 1.56 bits per heavy atom. The summed E-state index contributed by atoms with van der Waals surface area (Å²) in [4.78, 5) is 15.6. The normalized spacial score (nSPS) is 10.9. The first-order valence-electron chi connectivity index (χ1n) is 5.17. The third-order valence-corrected chi connectivity index (χ3v) is 2.26. The maximum atomic E-state index is 13.6. The molecule has 0 aliphatic heterocycles. The second kappa shape index (κ2) is 5.77. The molecule has 0 aliphatic carbocycles. The average Bonchev–Trinajstić information content (AvgIpc) is 2.37. The Kier molecular flexibility index (Phi) is 4.37. The van der Waals surface area contributed by atoms with Gasteiger partial charge < -0.3 is 11.1 Å². The highest BCUT2D eigenvalue weighted by atomic mass is 19.1. The molecule has 0 atom stereocenters. The number of halogens is 1. The number of rotatable bonds is 4. The Bertz CT molecular complexity index is 535. The fraction of sp³-hybridized carbons (Fsp3) is 0.0769. The Hall–Kier alpha value is -2.43. The Balaban J connectivity index is 3.33. The number of benzene rings is 1. The molecule has 0 saturated carbocycles. The molecule has 4 nitrogen and oxygen atoms in total. The zero-order chi connectivity index (χ0) is 13.7. The number of aliphatic imine (C=N–C) groups is 1. The molecule has 1 aromatic carbocycles. The van der Waals surface area contributed by atoms with Crippen molar-refractivity contribution in [1.29, 1.82) is 0 Å². The number of carbonyl (C=O) groups excluding carboxylic acids is 1. The molecule has 1 amide bonds. The van der Waals surface area contributed by atoms with Gasteiger partial charge >= 0.3 is 0 Å². The van der Waals surface area contributed by atoms with E-state index in [1.807, 2.05) is 0 Å². The molecule has 3 N–H and O–H groups in total. The van der Waals surface area contributed by atoms with E-state index in [-0.39, 0.29) is 17.1 Å². The highest BCUT2D eigenvalue weighted by Crippen LogP contribution is 2.22. The summed E-state index contributed by atoms with van der Waals surface area (Å²) >= 11 is 0. The molecular weight excluding hydrogens is 233 g/mol. The van der Waals surface area contributed by atoms with Gasteiger partial charge in [0.2, 0.25) is 0 Å². The van der Waals surface area contributed by atoms with Crippen LogP contribution in [0.2, 0.25) is 0 Å². The standard InChI is InChI=1S/C13H14FN3O/c1-4-8(2)12(15)17-10-7-5-6-9(14)11(10)13(18)16-3/h4-7H,1-2H2,3H3,(H2,15,17)(H,16,18). The smallest absolute Gasteiger partial charge is 0.256 e. The summed E-state index contributed by atoms with van der Waals surface area (Å²) < 4.78 is 13.6. The van der Waals surface area contributed by atoms with Crippen LogP contribution in [0.3, 0.4) is 0 Å². The fourth-order valence-corrected chi connectivity index (χ4v) is 1.26. The molecule has 18 heavy (non-hydrogen) atoms. The van der Waals surface area contributed by atoms with E-state index in [0.29, 0.717) is 5.57 Å². The first kappa shape index (κ1) is 13.6. The van der Waals surface area contributed by atoms with Crippen molar-refractivity contribution in [3.05, 3.63) is 54.4 Å². The molecule has 0 fully saturated rings. The molecule has 0 heterocycles. The summed E-state index contributed by atoms with van der Waals surface area (Å²) in [6, 6.07) is 4.13. The van der Waals surface area contributed by atoms with Gasteiger partial charge in [-0.25, -0.2) is 9.38 Å². The quantitative estimate of drug-likeness (QED) is 0.485. The van der Waals surface area contributed by atoms with Crippen LogP contribution in [0.25, 0.3) is 0 Å². The summed E-state index contributed by atoms with van der Waals surface area (Å²) in [5.41, 5.74) is 6.05. The molecule has 0 unspecified atom stereocenters. The van der Waals surface area contributed by atoms with Crippen LogP contribution in [0.1, 0.15) is 10.4 Å². The van der Waals surface area contributed by atoms with Crippen LogP contribution in [0.5, 0.6) is 0 Å². The predicted octanol–water partition coefficient (Wildman–Crippen LogP) is 1.92. The second-order valence-corrected chi connectivity index (χ2v) is 3.44. The van der Waals surface area contributed by atoms with Crippen LogP contribution < -0.4 is 11.1 Å². The summed E-state index contributed by atoms with van der Waals surface area (Å²) in [5, 5.41) is 2.35. The minimum atomic E-state index is -0.660. The van der Waals surface area contributed by atoms with Gasteiger partial charge in [0.25, 0.3) is 5.91 Å². The maximum Gasteiger partial charge on any atom is 0.256 e. The molecule has 5 heteroatoms. The van der Waals surface area contributed by atoms with Crippen molar-refractivity contribution in [3.63, 3.8) is 0 Å². The van der Waals surface area contributed by atoms with Crippen LogP contribution in [0.4, 0.5) is 10.1 Å². The monoisotopic (exact) mass is 247 g/mol. The lowest BCUT2D eigenvalue weighted by atomic mass is 10.1. The van der Waals surface area contributed by atoms with Gasteiger partial charge in [0.15, 0.2) is 0 Å². The van der Waals surface area contributed by atoms with E-state index in [4.69, 9.17) is 5.73 Å². The van der Waals surface area contributed by atoms with Crippen molar-refractivity contribution < 1.29 is 9.18 Å². The first-order chi connectivity index (χ1) is 8.51. The Labute approximate surface area is 105 Å². The van der Waals surface area contributed by atoms with Crippen molar-refractivity contribution in [2.24, 2.45) is 10.7 Å². The van der Waals surface area contributed by atoms with Gasteiger partial charge in [0.1, 0.15) is 17.2 Å². The lowest BCUT2D eigenvalue weighted by Gasteiger charge is -2.07. The highest BCUT2D eigenvalue weighted by Gasteiger charge is 2.15. The number of nitrogens with two attached hydrogens (primary N) is 1. The van der Waals surface area contributed by atoms with E-state index in [1.165, 1.54) is 31.3 Å². The first-order valence-corrected chi connectivity index (χ1v) is 5.17. The highest BCUT2D eigenvalue weighted by molar-refractivity contribution is 6.04. The second-order valence-electron chi connectivity index (χ2n) is 3.44. The van der Waals surface area contributed by atoms with E-state index < -0.39 is 11.7 Å². The van der Waals surface area contributed by atoms with E-state index >= 15 is 0 Å². The molecule has 94 valence electrons. The van der Waals surface area contributed by atoms with Gasteiger partial charge in [-0.3, -0.25) is 4.79 Å². The largest absolute Gasteiger partial charge is 0.383 e. The summed E-state index contributed by atoms with van der Waals surface area (Å²) in [7, 11) is 1.41. The van der Waals surface area contributed by atoms with Gasteiger partial charge in [-0.15, -0.1) is 0 Å². The summed E-state index contributed by atoms with van der Waals surface area (Å²) in [6.07, 6.45) is 1.43. The van der Waals surface area contributed by atoms with Gasteiger partial charge in [-0.2, -0.15) is 0 Å². The molecular formula is C13H14FN3O. The molecule has 0 bridgehead atoms. The molecule has 1 rings (SSSR count). The topological polar surface area (TPSA) is 67.5 Å². The van der Waals surface area contributed by atoms with Crippen LogP contribution in [-0.2, 0) is 0 Å². The molecule has 0 spiro atoms. The summed E-state index contributed by atoms with van der Waals surface area (Å²) in [6.45, 7) is 7.12. The number of carbonyl (C=O) groups is 1. The van der Waals surface area contributed by atoms with Gasteiger partial charge in [0, 0.05) is 12.6 Å². The van der Waals surface area contributed by atoms with Crippen molar-refractivity contribution in [2.75, 3.05) is 7.05 Å². The predicted molar refractivity (Wildman–Crippen MR) is 70.4 cm³/mol. The van der Waals surface area contributed by atoms with E-state index in [2.05, 4.69) is 23.5 Å². The van der Waals surface area contributed by atoms with Crippen molar-refractivity contribution in [1.82, 2.24) is 5.32 Å². The van der Waals surface area contributed by atoms with Crippen molar-refractivity contribution in [3.8, 4) is 0 Å². The van der Waals surface area contributed by atoms with Gasteiger partial charge in [0.05, 0.1) is 5.69 Å². The van der Waals surface area contributed by atoms with Gasteiger partial charge in [-0.1, -0.05) is 25.3 Å². The number of amides is 1. The number of nitrogens with zero attached hydrogens (tertiary/aromatic N) is 1. The molecule has 0 aliphatic rings. The SMILES string of the molecule is C=CC(=C)C(N)=Nc1cccc(F)c1C(=O)NC. The zero-order valence-electron chi connectivity index (χ0n) is 10.0. The lowest BCUT2D eigenvalue weighted by Crippen LogP contribution is -2.20. The van der Waals surface area contributed by atoms with E-state index in [9.17, 15) is 9.18 Å². The number of hydrogen-bond donors (Lipinski definition) is 2.